The van der Waals surface area contributed by atoms with Crippen LogP contribution in [0.25, 0.3) is 11.3 Å². The third-order valence-corrected chi connectivity index (χ3v) is 5.30. The Kier molecular flexibility index (Phi) is 7.01. The van der Waals surface area contributed by atoms with Crippen molar-refractivity contribution in [2.75, 3.05) is 48.9 Å². The number of aromatic nitrogens is 2. The summed E-state index contributed by atoms with van der Waals surface area (Å²) in [5.74, 6) is 0.451. The first-order valence-electron chi connectivity index (χ1n) is 10.7. The molecule has 0 aliphatic carbocycles. The van der Waals surface area contributed by atoms with Gasteiger partial charge in [-0.05, 0) is 42.5 Å². The van der Waals surface area contributed by atoms with Gasteiger partial charge in [-0.2, -0.15) is 5.26 Å². The van der Waals surface area contributed by atoms with Crippen LogP contribution >= 0.6 is 0 Å². The van der Waals surface area contributed by atoms with Crippen LogP contribution in [0.4, 0.5) is 23.0 Å². The third kappa shape index (κ3) is 5.14. The van der Waals surface area contributed by atoms with Crippen molar-refractivity contribution in [3.05, 3.63) is 66.9 Å². The van der Waals surface area contributed by atoms with Crippen LogP contribution in [0.5, 0.6) is 5.75 Å². The van der Waals surface area contributed by atoms with Gasteiger partial charge < -0.3 is 25.0 Å². The Balaban J connectivity index is 1.64. The summed E-state index contributed by atoms with van der Waals surface area (Å²) < 4.78 is 10.8. The summed E-state index contributed by atoms with van der Waals surface area (Å²) in [5, 5.41) is 15.6. The van der Waals surface area contributed by atoms with Crippen LogP contribution in [0.3, 0.4) is 0 Å². The van der Waals surface area contributed by atoms with Crippen molar-refractivity contribution in [1.29, 1.82) is 5.26 Å². The molecule has 1 fully saturated rings. The Morgan fingerprint density at radius 1 is 1.26 bits per heavy atom. The van der Waals surface area contributed by atoms with E-state index in [-0.39, 0.29) is 5.91 Å². The largest absolute Gasteiger partial charge is 0.495 e. The Hall–Kier alpha value is -4.42. The number of nitrogens with one attached hydrogen (secondary N) is 2. The van der Waals surface area contributed by atoms with Gasteiger partial charge in [-0.3, -0.25) is 4.79 Å². The zero-order valence-corrected chi connectivity index (χ0v) is 18.7. The molecule has 0 spiro atoms. The molecule has 0 bridgehead atoms. The van der Waals surface area contributed by atoms with Crippen molar-refractivity contribution in [3.63, 3.8) is 0 Å². The van der Waals surface area contributed by atoms with Crippen LogP contribution in [0, 0.1) is 11.3 Å². The van der Waals surface area contributed by atoms with E-state index >= 15 is 0 Å². The van der Waals surface area contributed by atoms with Gasteiger partial charge in [-0.1, -0.05) is 12.6 Å². The monoisotopic (exact) mass is 456 g/mol. The van der Waals surface area contributed by atoms with Crippen LogP contribution in [0.15, 0.2) is 61.3 Å². The molecule has 3 aromatic rings. The highest BCUT2D eigenvalue weighted by Crippen LogP contribution is 2.32. The fourth-order valence-corrected chi connectivity index (χ4v) is 3.61. The van der Waals surface area contributed by atoms with E-state index in [1.165, 1.54) is 19.4 Å². The number of methoxy groups -OCH3 is 1. The molecule has 2 heterocycles. The Morgan fingerprint density at radius 2 is 2.09 bits per heavy atom. The molecule has 1 aromatic heterocycles. The Labute approximate surface area is 197 Å². The predicted octanol–water partition coefficient (Wildman–Crippen LogP) is 3.73. The molecule has 1 aliphatic rings. The van der Waals surface area contributed by atoms with Gasteiger partial charge in [0.2, 0.25) is 11.9 Å². The Morgan fingerprint density at radius 3 is 2.82 bits per heavy atom. The number of amides is 1. The molecule has 2 aromatic carbocycles. The van der Waals surface area contributed by atoms with E-state index in [1.54, 1.807) is 18.2 Å². The number of carbonyl (C=O) groups is 1. The van der Waals surface area contributed by atoms with E-state index < -0.39 is 0 Å². The molecule has 9 heteroatoms. The minimum Gasteiger partial charge on any atom is -0.495 e. The second-order valence-electron chi connectivity index (χ2n) is 7.45. The molecule has 9 nitrogen and oxygen atoms in total. The van der Waals surface area contributed by atoms with Crippen molar-refractivity contribution in [3.8, 4) is 23.1 Å². The molecule has 2 N–H and O–H groups in total. The Bertz CT molecular complexity index is 1250. The average molecular weight is 457 g/mol. The molecule has 0 radical (unpaired) electrons. The zero-order valence-electron chi connectivity index (χ0n) is 18.7. The van der Waals surface area contributed by atoms with E-state index in [9.17, 15) is 10.1 Å². The molecule has 4 rings (SSSR count). The quantitative estimate of drug-likeness (QED) is 0.517. The third-order valence-electron chi connectivity index (χ3n) is 5.30. The van der Waals surface area contributed by atoms with Crippen LogP contribution in [0.2, 0.25) is 0 Å². The maximum Gasteiger partial charge on any atom is 0.247 e. The van der Waals surface area contributed by atoms with Gasteiger partial charge in [-0.15, -0.1) is 0 Å². The van der Waals surface area contributed by atoms with Gasteiger partial charge in [0.15, 0.2) is 0 Å². The van der Waals surface area contributed by atoms with Crippen molar-refractivity contribution < 1.29 is 14.3 Å². The molecule has 34 heavy (non-hydrogen) atoms. The number of carbonyl (C=O) groups excluding carboxylic acids is 1. The van der Waals surface area contributed by atoms with Crippen LogP contribution in [0.1, 0.15) is 5.56 Å². The lowest BCUT2D eigenvalue weighted by molar-refractivity contribution is -0.111. The minimum absolute atomic E-state index is 0.304. The lowest BCUT2D eigenvalue weighted by Gasteiger charge is -2.29. The second kappa shape index (κ2) is 10.5. The molecule has 172 valence electrons. The SMILES string of the molecule is C=CC(=O)Nc1cc(-c2nc(Nc3cccc(N4CCOCC4)c3)ncc2C#N)ccc1OC. The molecule has 1 aliphatic heterocycles. The summed E-state index contributed by atoms with van der Waals surface area (Å²) in [5.41, 5.74) is 3.72. The predicted molar refractivity (Wildman–Crippen MR) is 130 cm³/mol. The highest BCUT2D eigenvalue weighted by Gasteiger charge is 2.15. The summed E-state index contributed by atoms with van der Waals surface area (Å²) >= 11 is 0. The van der Waals surface area contributed by atoms with Gasteiger partial charge >= 0.3 is 0 Å². The number of ether oxygens (including phenoxy) is 2. The lowest BCUT2D eigenvalue weighted by Crippen LogP contribution is -2.36. The molecule has 0 atom stereocenters. The van der Waals surface area contributed by atoms with E-state index in [1.807, 2.05) is 18.2 Å². The van der Waals surface area contributed by atoms with E-state index in [0.717, 1.165) is 24.5 Å². The normalized spacial score (nSPS) is 13.0. The number of nitrogens with zero attached hydrogens (tertiary/aromatic N) is 4. The molecule has 1 amide bonds. The molecular formula is C25H24N6O3. The van der Waals surface area contributed by atoms with E-state index in [4.69, 9.17) is 9.47 Å². The zero-order chi connectivity index (χ0) is 23.9. The maximum absolute atomic E-state index is 11.8. The van der Waals surface area contributed by atoms with E-state index in [2.05, 4.69) is 44.2 Å². The van der Waals surface area contributed by atoms with Crippen molar-refractivity contribution in [2.45, 2.75) is 0 Å². The number of hydrogen-bond donors (Lipinski definition) is 2. The fourth-order valence-electron chi connectivity index (χ4n) is 3.61. The van der Waals surface area contributed by atoms with Crippen LogP contribution in [-0.4, -0.2) is 49.3 Å². The molecule has 1 saturated heterocycles. The fraction of sp³-hybridized carbons (Fsp3) is 0.200. The van der Waals surface area contributed by atoms with Crippen molar-refractivity contribution in [2.24, 2.45) is 0 Å². The topological polar surface area (TPSA) is 112 Å². The van der Waals surface area contributed by atoms with E-state index in [0.29, 0.717) is 47.4 Å². The van der Waals surface area contributed by atoms with Crippen LogP contribution < -0.4 is 20.3 Å². The average Bonchev–Trinajstić information content (AvgIpc) is 2.89. The number of hydrogen-bond acceptors (Lipinski definition) is 8. The lowest BCUT2D eigenvalue weighted by atomic mass is 10.1. The first-order chi connectivity index (χ1) is 16.6. The highest BCUT2D eigenvalue weighted by molar-refractivity contribution is 6.00. The molecule has 0 unspecified atom stereocenters. The standard InChI is InChI=1S/C25H24N6O3/c1-3-23(32)29-21-13-17(7-8-22(21)33-2)24-18(15-26)16-27-25(30-24)28-19-5-4-6-20(14-19)31-9-11-34-12-10-31/h3-8,13-14,16H,1,9-12H2,2H3,(H,29,32)(H,27,28,30). The first kappa shape index (κ1) is 22.8. The number of benzene rings is 2. The summed E-state index contributed by atoms with van der Waals surface area (Å²) in [6.07, 6.45) is 2.65. The summed E-state index contributed by atoms with van der Waals surface area (Å²) in [6.45, 7) is 6.56. The van der Waals surface area contributed by atoms with Crippen molar-refractivity contribution in [1.82, 2.24) is 9.97 Å². The van der Waals surface area contributed by atoms with Gasteiger partial charge in [0.25, 0.3) is 0 Å². The minimum atomic E-state index is -0.374. The summed E-state index contributed by atoms with van der Waals surface area (Å²) in [6, 6.07) is 15.3. The summed E-state index contributed by atoms with van der Waals surface area (Å²) in [7, 11) is 1.51. The van der Waals surface area contributed by atoms with Gasteiger partial charge in [0.1, 0.15) is 11.8 Å². The first-order valence-corrected chi connectivity index (χ1v) is 10.7. The number of rotatable bonds is 7. The van der Waals surface area contributed by atoms with Gasteiger partial charge in [-0.25, -0.2) is 9.97 Å². The number of anilines is 4. The smallest absolute Gasteiger partial charge is 0.247 e. The number of morpholine rings is 1. The van der Waals surface area contributed by atoms with Gasteiger partial charge in [0, 0.05) is 30.0 Å². The van der Waals surface area contributed by atoms with Crippen molar-refractivity contribution >= 4 is 28.9 Å². The number of nitriles is 1. The maximum atomic E-state index is 11.8. The highest BCUT2D eigenvalue weighted by atomic mass is 16.5. The van der Waals surface area contributed by atoms with Gasteiger partial charge in [0.05, 0.1) is 43.5 Å². The van der Waals surface area contributed by atoms with Crippen LogP contribution in [-0.2, 0) is 9.53 Å². The second-order valence-corrected chi connectivity index (χ2v) is 7.45. The summed E-state index contributed by atoms with van der Waals surface area (Å²) in [4.78, 5) is 23.0. The molecular weight excluding hydrogens is 432 g/mol. The molecule has 0 saturated carbocycles.